The van der Waals surface area contributed by atoms with Crippen LogP contribution in [0.4, 0.5) is 5.69 Å². The van der Waals surface area contributed by atoms with E-state index in [0.717, 1.165) is 0 Å². The standard InChI is InChI=1S/C24H27N3O6S/c1-4-27(5-2)34(30,31)19-15-21(26(3)16-19)24(29)32-17-23(28)25-20-13-9-10-14-22(20)33-18-11-7-6-8-12-18/h6-16H,4-5,17H2,1-3H3,(H,25,28). The molecule has 0 atom stereocenters. The maximum Gasteiger partial charge on any atom is 0.355 e. The van der Waals surface area contributed by atoms with Crippen LogP contribution >= 0.6 is 0 Å². The number of nitrogens with one attached hydrogen (secondary N) is 1. The van der Waals surface area contributed by atoms with Gasteiger partial charge in [0.25, 0.3) is 5.91 Å². The van der Waals surface area contributed by atoms with E-state index in [1.165, 1.54) is 28.2 Å². The van der Waals surface area contributed by atoms with Gasteiger partial charge in [-0.25, -0.2) is 13.2 Å². The SMILES string of the molecule is CCN(CC)S(=O)(=O)c1cc(C(=O)OCC(=O)Nc2ccccc2Oc2ccccc2)n(C)c1. The maximum absolute atomic E-state index is 12.7. The molecule has 9 nitrogen and oxygen atoms in total. The Hall–Kier alpha value is -3.63. The van der Waals surface area contributed by atoms with Crippen LogP contribution in [-0.2, 0) is 26.6 Å². The Bertz CT molecular complexity index is 1250. The van der Waals surface area contributed by atoms with Gasteiger partial charge in [-0.1, -0.05) is 44.2 Å². The zero-order valence-electron chi connectivity index (χ0n) is 19.2. The summed E-state index contributed by atoms with van der Waals surface area (Å²) in [7, 11) is -2.19. The Balaban J connectivity index is 1.64. The summed E-state index contributed by atoms with van der Waals surface area (Å²) in [6.07, 6.45) is 1.35. The summed E-state index contributed by atoms with van der Waals surface area (Å²) in [5, 5.41) is 2.66. The van der Waals surface area contributed by atoms with E-state index >= 15 is 0 Å². The van der Waals surface area contributed by atoms with E-state index in [9.17, 15) is 18.0 Å². The van der Waals surface area contributed by atoms with Crippen LogP contribution in [0.5, 0.6) is 11.5 Å². The predicted molar refractivity (Wildman–Crippen MR) is 127 cm³/mol. The molecule has 3 aromatic rings. The van der Waals surface area contributed by atoms with Crippen molar-refractivity contribution in [2.45, 2.75) is 18.7 Å². The number of nitrogens with zero attached hydrogens (tertiary/aromatic N) is 2. The first-order chi connectivity index (χ1) is 16.3. The first kappa shape index (κ1) is 25.0. The summed E-state index contributed by atoms with van der Waals surface area (Å²) >= 11 is 0. The number of ether oxygens (including phenoxy) is 2. The molecule has 0 aliphatic carbocycles. The van der Waals surface area contributed by atoms with E-state index in [1.807, 2.05) is 18.2 Å². The fourth-order valence-electron chi connectivity index (χ4n) is 3.26. The van der Waals surface area contributed by atoms with E-state index in [1.54, 1.807) is 50.2 Å². The second-order valence-corrected chi connectivity index (χ2v) is 9.23. The van der Waals surface area contributed by atoms with Gasteiger partial charge in [0.1, 0.15) is 16.3 Å². The smallest absolute Gasteiger partial charge is 0.355 e. The Labute approximate surface area is 199 Å². The average Bonchev–Trinajstić information content (AvgIpc) is 3.23. The Kier molecular flexibility index (Phi) is 8.08. The van der Waals surface area contributed by atoms with Crippen LogP contribution in [-0.4, -0.2) is 48.9 Å². The molecule has 2 aromatic carbocycles. The number of rotatable bonds is 10. The van der Waals surface area contributed by atoms with E-state index < -0.39 is 28.5 Å². The number of aryl methyl sites for hydroxylation is 1. The molecule has 0 fully saturated rings. The third kappa shape index (κ3) is 5.83. The number of esters is 1. The molecule has 0 aliphatic heterocycles. The molecule has 0 radical (unpaired) electrons. The molecule has 1 aromatic heterocycles. The molecule has 0 aliphatic rings. The molecule has 1 heterocycles. The van der Waals surface area contributed by atoms with Gasteiger partial charge in [0.2, 0.25) is 10.0 Å². The van der Waals surface area contributed by atoms with E-state index in [2.05, 4.69) is 5.32 Å². The van der Waals surface area contributed by atoms with Gasteiger partial charge in [0.05, 0.1) is 5.69 Å². The minimum atomic E-state index is -3.73. The molecule has 0 spiro atoms. The van der Waals surface area contributed by atoms with Crippen LogP contribution in [0.3, 0.4) is 0 Å². The van der Waals surface area contributed by atoms with Crippen molar-refractivity contribution in [3.8, 4) is 11.5 Å². The zero-order valence-corrected chi connectivity index (χ0v) is 20.0. The quantitative estimate of drug-likeness (QED) is 0.440. The number of aromatic nitrogens is 1. The number of sulfonamides is 1. The van der Waals surface area contributed by atoms with Gasteiger partial charge in [-0.05, 0) is 30.3 Å². The highest BCUT2D eigenvalue weighted by atomic mass is 32.2. The van der Waals surface area contributed by atoms with E-state index in [-0.39, 0.29) is 10.6 Å². The fraction of sp³-hybridized carbons (Fsp3) is 0.250. The number of anilines is 1. The summed E-state index contributed by atoms with van der Waals surface area (Å²) in [5.41, 5.74) is 0.435. The molecule has 3 rings (SSSR count). The normalized spacial score (nSPS) is 11.3. The summed E-state index contributed by atoms with van der Waals surface area (Å²) < 4.78 is 39.0. The van der Waals surface area contributed by atoms with Gasteiger partial charge in [-0.2, -0.15) is 4.31 Å². The molecule has 10 heteroatoms. The predicted octanol–water partition coefficient (Wildman–Crippen LogP) is 3.64. The van der Waals surface area contributed by atoms with Crippen molar-refractivity contribution < 1.29 is 27.5 Å². The first-order valence-corrected chi connectivity index (χ1v) is 12.2. The number of para-hydroxylation sites is 3. The lowest BCUT2D eigenvalue weighted by Crippen LogP contribution is -2.30. The second kappa shape index (κ2) is 11.0. The molecule has 1 amide bonds. The summed E-state index contributed by atoms with van der Waals surface area (Å²) in [5.74, 6) is -0.341. The van der Waals surface area contributed by atoms with Gasteiger partial charge < -0.3 is 19.4 Å². The Morgan fingerprint density at radius 2 is 1.65 bits per heavy atom. The lowest BCUT2D eigenvalue weighted by atomic mass is 10.3. The number of benzene rings is 2. The lowest BCUT2D eigenvalue weighted by molar-refractivity contribution is -0.119. The molecule has 1 N–H and O–H groups in total. The minimum Gasteiger partial charge on any atom is -0.455 e. The molecule has 0 unspecified atom stereocenters. The average molecular weight is 486 g/mol. The van der Waals surface area contributed by atoms with Crippen molar-refractivity contribution >= 4 is 27.6 Å². The van der Waals surface area contributed by atoms with Gasteiger partial charge in [-0.3, -0.25) is 4.79 Å². The number of carbonyl (C=O) groups excluding carboxylic acids is 2. The number of carbonyl (C=O) groups is 2. The molecule has 180 valence electrons. The Morgan fingerprint density at radius 1 is 1.00 bits per heavy atom. The highest BCUT2D eigenvalue weighted by molar-refractivity contribution is 7.89. The van der Waals surface area contributed by atoms with Crippen LogP contribution in [0.2, 0.25) is 0 Å². The van der Waals surface area contributed by atoms with Crippen LogP contribution in [0, 0.1) is 0 Å². The minimum absolute atomic E-state index is 0.0120. The fourth-order valence-corrected chi connectivity index (χ4v) is 4.79. The van der Waals surface area contributed by atoms with Crippen molar-refractivity contribution in [3.05, 3.63) is 72.6 Å². The van der Waals surface area contributed by atoms with Crippen molar-refractivity contribution in [1.29, 1.82) is 0 Å². The van der Waals surface area contributed by atoms with Gasteiger partial charge in [-0.15, -0.1) is 0 Å². The van der Waals surface area contributed by atoms with Gasteiger partial charge >= 0.3 is 5.97 Å². The monoisotopic (exact) mass is 485 g/mol. The van der Waals surface area contributed by atoms with Crippen molar-refractivity contribution in [2.24, 2.45) is 7.05 Å². The van der Waals surface area contributed by atoms with Crippen molar-refractivity contribution in [2.75, 3.05) is 25.0 Å². The van der Waals surface area contributed by atoms with Crippen molar-refractivity contribution in [3.63, 3.8) is 0 Å². The van der Waals surface area contributed by atoms with E-state index in [4.69, 9.17) is 9.47 Å². The maximum atomic E-state index is 12.7. The van der Waals surface area contributed by atoms with Crippen LogP contribution in [0.1, 0.15) is 24.3 Å². The summed E-state index contributed by atoms with van der Waals surface area (Å²) in [4.78, 5) is 24.9. The lowest BCUT2D eigenvalue weighted by Gasteiger charge is -2.17. The molecule has 34 heavy (non-hydrogen) atoms. The third-order valence-electron chi connectivity index (χ3n) is 5.00. The Morgan fingerprint density at radius 3 is 2.32 bits per heavy atom. The van der Waals surface area contributed by atoms with E-state index in [0.29, 0.717) is 30.3 Å². The second-order valence-electron chi connectivity index (χ2n) is 7.30. The summed E-state index contributed by atoms with van der Waals surface area (Å²) in [6.45, 7) is 3.54. The topological polar surface area (TPSA) is 107 Å². The zero-order chi connectivity index (χ0) is 24.7. The van der Waals surface area contributed by atoms with Crippen molar-refractivity contribution in [1.82, 2.24) is 8.87 Å². The van der Waals surface area contributed by atoms with Crippen LogP contribution < -0.4 is 10.1 Å². The van der Waals surface area contributed by atoms with Crippen LogP contribution in [0.15, 0.2) is 71.8 Å². The molecule has 0 saturated carbocycles. The number of hydrogen-bond donors (Lipinski definition) is 1. The van der Waals surface area contributed by atoms with Gasteiger partial charge in [0, 0.05) is 26.3 Å². The number of amides is 1. The summed E-state index contributed by atoms with van der Waals surface area (Å²) in [6, 6.07) is 17.2. The molecule has 0 bridgehead atoms. The third-order valence-corrected chi connectivity index (χ3v) is 7.01. The highest BCUT2D eigenvalue weighted by Crippen LogP contribution is 2.29. The molecular formula is C24H27N3O6S. The number of hydrogen-bond acceptors (Lipinski definition) is 6. The van der Waals surface area contributed by atoms with Crippen LogP contribution in [0.25, 0.3) is 0 Å². The largest absolute Gasteiger partial charge is 0.455 e. The highest BCUT2D eigenvalue weighted by Gasteiger charge is 2.26. The first-order valence-electron chi connectivity index (χ1n) is 10.7. The molecule has 0 saturated heterocycles. The molecular weight excluding hydrogens is 458 g/mol. The van der Waals surface area contributed by atoms with Gasteiger partial charge in [0.15, 0.2) is 12.4 Å².